The summed E-state index contributed by atoms with van der Waals surface area (Å²) in [5.41, 5.74) is -5.65. The molecule has 0 saturated heterocycles. The van der Waals surface area contributed by atoms with Crippen molar-refractivity contribution in [1.29, 1.82) is 0 Å². The van der Waals surface area contributed by atoms with Gasteiger partial charge in [0.15, 0.2) is 5.75 Å². The zero-order valence-corrected chi connectivity index (χ0v) is 21.4. The lowest BCUT2D eigenvalue weighted by Crippen LogP contribution is -2.37. The Bertz CT molecular complexity index is 1570. The first-order valence-corrected chi connectivity index (χ1v) is 14.4. The van der Waals surface area contributed by atoms with Gasteiger partial charge in [0.25, 0.3) is 0 Å². The zero-order chi connectivity index (χ0) is 26.5. The molecule has 2 aliphatic heterocycles. The number of rotatable bonds is 5. The molecule has 38 heavy (non-hydrogen) atoms. The van der Waals surface area contributed by atoms with Gasteiger partial charge in [-0.25, -0.2) is 0 Å². The topological polar surface area (TPSA) is 61.8 Å². The molecule has 194 valence electrons. The molecule has 0 N–H and O–H groups in total. The van der Waals surface area contributed by atoms with Gasteiger partial charge in [-0.05, 0) is 42.0 Å². The largest absolute Gasteiger partial charge is 0.534 e. The molecule has 5 nitrogen and oxygen atoms in total. The highest BCUT2D eigenvalue weighted by Gasteiger charge is 2.54. The van der Waals surface area contributed by atoms with Crippen molar-refractivity contribution in [2.45, 2.75) is 10.9 Å². The number of fused-ring (bicyclic) bond motifs is 4. The minimum atomic E-state index is -5.90. The number of halogens is 3. The van der Waals surface area contributed by atoms with E-state index in [-0.39, 0.29) is 24.5 Å². The van der Waals surface area contributed by atoms with E-state index in [1.807, 2.05) is 78.9 Å². The van der Waals surface area contributed by atoms with Crippen LogP contribution in [-0.4, -0.2) is 27.1 Å². The van der Waals surface area contributed by atoms with Gasteiger partial charge in [-0.3, -0.25) is 0 Å². The second-order valence-corrected chi connectivity index (χ2v) is 12.7. The molecule has 6 rings (SSSR count). The normalized spacial score (nSPS) is 18.1. The van der Waals surface area contributed by atoms with Gasteiger partial charge in [-0.15, -0.1) is 0 Å². The van der Waals surface area contributed by atoms with Crippen molar-refractivity contribution in [2.24, 2.45) is 0 Å². The van der Waals surface area contributed by atoms with E-state index >= 15 is 0 Å². The lowest BCUT2D eigenvalue weighted by atomic mass is 9.77. The maximum Gasteiger partial charge on any atom is 0.534 e. The number of benzene rings is 4. The van der Waals surface area contributed by atoms with Crippen LogP contribution in [0.2, 0.25) is 0 Å². The molecule has 0 aliphatic carbocycles. The molecule has 4 aromatic carbocycles. The molecule has 0 saturated carbocycles. The molecule has 4 aromatic rings. The Labute approximate surface area is 218 Å². The summed E-state index contributed by atoms with van der Waals surface area (Å²) < 4.78 is 80.5. The van der Waals surface area contributed by atoms with Crippen molar-refractivity contribution in [3.63, 3.8) is 0 Å². The van der Waals surface area contributed by atoms with Crippen LogP contribution in [0.3, 0.4) is 0 Å². The fourth-order valence-corrected chi connectivity index (χ4v) is 8.13. The molecular formula is C28H20F3O5PS. The van der Waals surface area contributed by atoms with Crippen molar-refractivity contribution < 1.29 is 35.2 Å². The lowest BCUT2D eigenvalue weighted by Gasteiger charge is -2.28. The molecule has 0 radical (unpaired) electrons. The molecule has 0 fully saturated rings. The van der Waals surface area contributed by atoms with E-state index in [1.165, 1.54) is 12.1 Å². The number of ether oxygens (including phenoxy) is 2. The van der Waals surface area contributed by atoms with Crippen LogP contribution in [0.15, 0.2) is 97.1 Å². The fourth-order valence-electron chi connectivity index (χ4n) is 5.08. The van der Waals surface area contributed by atoms with Gasteiger partial charge in [-0.1, -0.05) is 78.9 Å². The van der Waals surface area contributed by atoms with Crippen molar-refractivity contribution in [2.75, 3.05) is 13.2 Å². The van der Waals surface area contributed by atoms with E-state index in [4.69, 9.17) is 13.7 Å². The predicted octanol–water partition coefficient (Wildman–Crippen LogP) is 4.74. The average Bonchev–Trinajstić information content (AvgIpc) is 3.47. The maximum atomic E-state index is 13.3. The summed E-state index contributed by atoms with van der Waals surface area (Å²) in [6.07, 6.45) is 0. The molecule has 10 heteroatoms. The molecule has 1 spiro atoms. The minimum Gasteiger partial charge on any atom is -0.492 e. The third-order valence-corrected chi connectivity index (χ3v) is 10.1. The highest BCUT2D eigenvalue weighted by molar-refractivity contribution is 7.88. The van der Waals surface area contributed by atoms with Gasteiger partial charge in [0.1, 0.15) is 24.7 Å². The quantitative estimate of drug-likeness (QED) is 0.202. The van der Waals surface area contributed by atoms with Crippen molar-refractivity contribution in [3.8, 4) is 17.2 Å². The van der Waals surface area contributed by atoms with Gasteiger partial charge in [0.05, 0.1) is 11.0 Å². The van der Waals surface area contributed by atoms with Crippen LogP contribution in [-0.2, 0) is 15.5 Å². The summed E-state index contributed by atoms with van der Waals surface area (Å²) in [6, 6.07) is 29.8. The van der Waals surface area contributed by atoms with Gasteiger partial charge < -0.3 is 13.7 Å². The Morgan fingerprint density at radius 2 is 1.24 bits per heavy atom. The molecule has 0 aromatic heterocycles. The van der Waals surface area contributed by atoms with E-state index in [9.17, 15) is 21.6 Å². The third kappa shape index (κ3) is 3.92. The Morgan fingerprint density at radius 1 is 0.711 bits per heavy atom. The molecule has 1 atom stereocenters. The van der Waals surface area contributed by atoms with Gasteiger partial charge >= 0.3 is 15.6 Å². The molecular weight excluding hydrogens is 536 g/mol. The summed E-state index contributed by atoms with van der Waals surface area (Å²) in [7, 11) is -7.01. The van der Waals surface area contributed by atoms with Crippen LogP contribution in [0, 0.1) is 0 Å². The number of hydrogen-bond acceptors (Lipinski definition) is 5. The Morgan fingerprint density at radius 3 is 1.79 bits per heavy atom. The maximum absolute atomic E-state index is 13.3. The summed E-state index contributed by atoms with van der Waals surface area (Å²) in [5.74, 6) is 0.411. The van der Waals surface area contributed by atoms with Crippen LogP contribution >= 0.6 is 7.92 Å². The summed E-state index contributed by atoms with van der Waals surface area (Å²) in [4.78, 5) is 0. The first kappa shape index (κ1) is 24.8. The second kappa shape index (κ2) is 9.03. The highest BCUT2D eigenvalue weighted by atomic mass is 32.2. The third-order valence-electron chi connectivity index (χ3n) is 6.65. The van der Waals surface area contributed by atoms with Crippen LogP contribution in [0.1, 0.15) is 11.1 Å². The Balaban J connectivity index is 1.57. The van der Waals surface area contributed by atoms with E-state index in [0.717, 1.165) is 21.5 Å². The highest BCUT2D eigenvalue weighted by Crippen LogP contribution is 2.55. The first-order valence-electron chi connectivity index (χ1n) is 11.6. The summed E-state index contributed by atoms with van der Waals surface area (Å²) in [6.45, 7) is 0.122. The Kier molecular flexibility index (Phi) is 5.89. The van der Waals surface area contributed by atoms with Crippen LogP contribution in [0.4, 0.5) is 13.2 Å². The molecule has 1 unspecified atom stereocenters. The van der Waals surface area contributed by atoms with Crippen LogP contribution < -0.4 is 29.6 Å². The summed E-state index contributed by atoms with van der Waals surface area (Å²) in [5, 5.41) is 3.09. The molecule has 2 aliphatic rings. The van der Waals surface area contributed by atoms with Gasteiger partial charge in [-0.2, -0.15) is 21.6 Å². The zero-order valence-electron chi connectivity index (χ0n) is 19.7. The number of alkyl halides is 3. The fraction of sp³-hybridized carbons (Fsp3) is 0.143. The van der Waals surface area contributed by atoms with Crippen LogP contribution in [0.5, 0.6) is 17.2 Å². The van der Waals surface area contributed by atoms with Gasteiger partial charge in [0, 0.05) is 5.56 Å². The SMILES string of the molecule is O=S(=O)(Oc1cccc2c1C1(CO2)COc2cccc(P(c3ccccc3)c3ccccc3)c21)C(F)(F)F. The van der Waals surface area contributed by atoms with Crippen molar-refractivity contribution in [1.82, 2.24) is 0 Å². The smallest absolute Gasteiger partial charge is 0.492 e. The van der Waals surface area contributed by atoms with E-state index < -0.39 is 34.7 Å². The van der Waals surface area contributed by atoms with E-state index in [0.29, 0.717) is 5.75 Å². The van der Waals surface area contributed by atoms with E-state index in [1.54, 1.807) is 6.07 Å². The first-order chi connectivity index (χ1) is 18.2. The predicted molar refractivity (Wildman–Crippen MR) is 139 cm³/mol. The second-order valence-electron chi connectivity index (χ2n) is 8.93. The molecule has 2 heterocycles. The summed E-state index contributed by atoms with van der Waals surface area (Å²) >= 11 is 0. The van der Waals surface area contributed by atoms with E-state index in [2.05, 4.69) is 0 Å². The van der Waals surface area contributed by atoms with Gasteiger partial charge in [0.2, 0.25) is 0 Å². The minimum absolute atomic E-state index is 0.0610. The lowest BCUT2D eigenvalue weighted by molar-refractivity contribution is -0.0500. The van der Waals surface area contributed by atoms with Crippen molar-refractivity contribution in [3.05, 3.63) is 108 Å². The standard InChI is InChI=1S/C28H20F3O5PS/c29-28(30,31)38(32,33)36-23-15-7-13-21-25(23)27(17-34-21)18-35-22-14-8-16-24(26(22)27)37(19-9-3-1-4-10-19)20-11-5-2-6-12-20/h1-16H,17-18H2. The average molecular weight is 556 g/mol. The van der Waals surface area contributed by atoms with Crippen LogP contribution in [0.25, 0.3) is 0 Å². The molecule has 0 bridgehead atoms. The Hall–Kier alpha value is -3.55. The number of hydrogen-bond donors (Lipinski definition) is 0. The van der Waals surface area contributed by atoms with Crippen molar-refractivity contribution >= 4 is 34.0 Å². The molecule has 0 amide bonds. The monoisotopic (exact) mass is 556 g/mol.